The molecule has 33 heavy (non-hydrogen) atoms. The van der Waals surface area contributed by atoms with E-state index in [2.05, 4.69) is 15.5 Å². The van der Waals surface area contributed by atoms with E-state index in [4.69, 9.17) is 11.6 Å². The number of carbonyl (C=O) groups is 1. The highest BCUT2D eigenvalue weighted by Gasteiger charge is 2.40. The Labute approximate surface area is 198 Å². The molecule has 0 radical (unpaired) electrons. The summed E-state index contributed by atoms with van der Waals surface area (Å²) < 4.78 is 27.4. The molecule has 13 heteroatoms. The first-order valence-electron chi connectivity index (χ1n) is 9.84. The van der Waals surface area contributed by atoms with Crippen molar-refractivity contribution in [3.63, 3.8) is 0 Å². The van der Waals surface area contributed by atoms with E-state index >= 15 is 0 Å². The van der Waals surface area contributed by atoms with Gasteiger partial charge in [0.2, 0.25) is 21.1 Å². The maximum Gasteiger partial charge on any atom is 0.289 e. The van der Waals surface area contributed by atoms with Crippen LogP contribution in [0.1, 0.15) is 18.4 Å². The van der Waals surface area contributed by atoms with E-state index in [0.29, 0.717) is 17.8 Å². The number of hydrogen-bond acceptors (Lipinski definition) is 8. The minimum absolute atomic E-state index is 0.113. The van der Waals surface area contributed by atoms with Gasteiger partial charge in [-0.2, -0.15) is 4.31 Å². The van der Waals surface area contributed by atoms with E-state index in [1.54, 1.807) is 0 Å². The number of rotatable bonds is 6. The Balaban J connectivity index is 1.54. The van der Waals surface area contributed by atoms with Gasteiger partial charge in [-0.15, -0.1) is 10.2 Å². The Morgan fingerprint density at radius 3 is 2.79 bits per heavy atom. The van der Waals surface area contributed by atoms with E-state index in [0.717, 1.165) is 27.6 Å². The van der Waals surface area contributed by atoms with Crippen molar-refractivity contribution < 1.29 is 18.1 Å². The third kappa shape index (κ3) is 4.74. The van der Waals surface area contributed by atoms with Crippen molar-refractivity contribution in [3.05, 3.63) is 63.2 Å². The molecule has 1 aliphatic heterocycles. The second kappa shape index (κ2) is 9.14. The van der Waals surface area contributed by atoms with Gasteiger partial charge in [-0.1, -0.05) is 46.7 Å². The number of nitrogens with one attached hydrogen (secondary N) is 1. The largest absolute Gasteiger partial charge is 0.299 e. The van der Waals surface area contributed by atoms with Crippen LogP contribution in [0.15, 0.2) is 47.4 Å². The molecular formula is C20H18ClN5O5S2. The van der Waals surface area contributed by atoms with E-state index in [9.17, 15) is 23.3 Å². The van der Waals surface area contributed by atoms with Crippen molar-refractivity contribution in [1.29, 1.82) is 0 Å². The van der Waals surface area contributed by atoms with E-state index in [1.165, 1.54) is 17.4 Å². The number of hydrogen-bond donors (Lipinski definition) is 1. The predicted octanol–water partition coefficient (Wildman–Crippen LogP) is 3.87. The third-order valence-corrected chi connectivity index (χ3v) is 8.26. The maximum atomic E-state index is 13.2. The van der Waals surface area contributed by atoms with Gasteiger partial charge in [-0.25, -0.2) is 8.42 Å². The van der Waals surface area contributed by atoms with Gasteiger partial charge in [0, 0.05) is 18.2 Å². The monoisotopic (exact) mass is 507 g/mol. The molecule has 1 saturated heterocycles. The quantitative estimate of drug-likeness (QED) is 0.395. The first-order chi connectivity index (χ1) is 15.7. The number of nitro groups is 1. The number of anilines is 1. The lowest BCUT2D eigenvalue weighted by molar-refractivity contribution is -0.384. The molecule has 1 fully saturated rings. The summed E-state index contributed by atoms with van der Waals surface area (Å²) in [6.45, 7) is 2.07. The lowest BCUT2D eigenvalue weighted by Crippen LogP contribution is -2.43. The van der Waals surface area contributed by atoms with E-state index in [-0.39, 0.29) is 21.6 Å². The molecule has 1 atom stereocenters. The molecule has 1 unspecified atom stereocenters. The van der Waals surface area contributed by atoms with Crippen LogP contribution in [0.25, 0.3) is 10.6 Å². The van der Waals surface area contributed by atoms with Crippen molar-refractivity contribution in [2.24, 2.45) is 0 Å². The van der Waals surface area contributed by atoms with Gasteiger partial charge in [0.15, 0.2) is 0 Å². The average molecular weight is 508 g/mol. The first kappa shape index (κ1) is 23.2. The number of sulfonamides is 1. The molecule has 10 nitrogen and oxygen atoms in total. The molecule has 2 aromatic carbocycles. The Morgan fingerprint density at radius 2 is 2.06 bits per heavy atom. The Bertz CT molecular complexity index is 1340. The van der Waals surface area contributed by atoms with Crippen LogP contribution in [-0.2, 0) is 14.8 Å². The molecule has 0 bridgehead atoms. The Morgan fingerprint density at radius 1 is 1.27 bits per heavy atom. The summed E-state index contributed by atoms with van der Waals surface area (Å²) in [5.41, 5.74) is 1.40. The van der Waals surface area contributed by atoms with Crippen LogP contribution in [-0.4, -0.2) is 46.3 Å². The van der Waals surface area contributed by atoms with Crippen molar-refractivity contribution in [2.45, 2.75) is 30.7 Å². The normalized spacial score (nSPS) is 16.6. The van der Waals surface area contributed by atoms with Crippen molar-refractivity contribution in [3.8, 4) is 10.6 Å². The summed E-state index contributed by atoms with van der Waals surface area (Å²) in [6.07, 6.45) is 0.780. The molecule has 1 amide bonds. The minimum atomic E-state index is -4.16. The smallest absolute Gasteiger partial charge is 0.289 e. The fourth-order valence-corrected chi connectivity index (χ4v) is 6.18. The van der Waals surface area contributed by atoms with Crippen molar-refractivity contribution in [1.82, 2.24) is 14.5 Å². The second-order valence-electron chi connectivity index (χ2n) is 7.42. The van der Waals surface area contributed by atoms with Gasteiger partial charge in [-0.3, -0.25) is 20.2 Å². The molecule has 1 aliphatic rings. The molecule has 0 aliphatic carbocycles. The third-order valence-electron chi connectivity index (χ3n) is 5.15. The van der Waals surface area contributed by atoms with Crippen LogP contribution in [0.4, 0.5) is 10.8 Å². The lowest BCUT2D eigenvalue weighted by atomic mass is 10.1. The number of halogens is 1. The van der Waals surface area contributed by atoms with Gasteiger partial charge in [0.25, 0.3) is 5.69 Å². The zero-order valence-corrected chi connectivity index (χ0v) is 19.7. The summed E-state index contributed by atoms with van der Waals surface area (Å²) in [4.78, 5) is 23.0. The van der Waals surface area contributed by atoms with Crippen LogP contribution in [0.2, 0.25) is 5.02 Å². The number of carbonyl (C=O) groups excluding carboxylic acids is 1. The maximum absolute atomic E-state index is 13.2. The van der Waals surface area contributed by atoms with Crippen LogP contribution in [0, 0.1) is 17.0 Å². The molecule has 1 aromatic heterocycles. The summed E-state index contributed by atoms with van der Waals surface area (Å²) in [6, 6.07) is 9.96. The van der Waals surface area contributed by atoms with Gasteiger partial charge in [0.1, 0.15) is 16.1 Å². The highest BCUT2D eigenvalue weighted by atomic mass is 35.5. The summed E-state index contributed by atoms with van der Waals surface area (Å²) in [5.74, 6) is -0.536. The summed E-state index contributed by atoms with van der Waals surface area (Å²) in [7, 11) is -4.16. The summed E-state index contributed by atoms with van der Waals surface area (Å²) in [5, 5.41) is 22.6. The highest BCUT2D eigenvalue weighted by Crippen LogP contribution is 2.32. The first-order valence-corrected chi connectivity index (χ1v) is 12.5. The number of aryl methyl sites for hydroxylation is 1. The van der Waals surface area contributed by atoms with E-state index in [1.807, 2.05) is 31.2 Å². The molecule has 0 spiro atoms. The zero-order valence-electron chi connectivity index (χ0n) is 17.3. The molecule has 2 heterocycles. The molecule has 1 N–H and O–H groups in total. The number of nitrogens with zero attached hydrogens (tertiary/aromatic N) is 4. The Kier molecular flexibility index (Phi) is 6.43. The van der Waals surface area contributed by atoms with Crippen LogP contribution >= 0.6 is 22.9 Å². The fraction of sp³-hybridized carbons (Fsp3) is 0.250. The molecule has 4 rings (SSSR count). The topological polar surface area (TPSA) is 135 Å². The van der Waals surface area contributed by atoms with Gasteiger partial charge >= 0.3 is 0 Å². The standard InChI is InChI=1S/C20H18ClN5O5S2/c1-12-4-2-5-13(10-12)19-23-24-20(32-19)22-18(27)16-6-3-9-25(16)33(30,31)14-7-8-15(21)17(11-14)26(28)29/h2,4-5,7-8,10-11,16H,3,6,9H2,1H3,(H,22,24,27). The molecule has 0 saturated carbocycles. The molecular weight excluding hydrogens is 490 g/mol. The summed E-state index contributed by atoms with van der Waals surface area (Å²) >= 11 is 6.98. The Hall–Kier alpha value is -2.93. The number of amides is 1. The fourth-order valence-electron chi connectivity index (χ4n) is 3.58. The van der Waals surface area contributed by atoms with Crippen molar-refractivity contribution in [2.75, 3.05) is 11.9 Å². The second-order valence-corrected chi connectivity index (χ2v) is 10.7. The van der Waals surface area contributed by atoms with Crippen LogP contribution < -0.4 is 5.32 Å². The number of benzene rings is 2. The SMILES string of the molecule is Cc1cccc(-c2nnc(NC(=O)C3CCCN3S(=O)(=O)c3ccc(Cl)c([N+](=O)[O-])c3)s2)c1. The average Bonchev–Trinajstić information content (AvgIpc) is 3.44. The van der Waals surface area contributed by atoms with Crippen LogP contribution in [0.5, 0.6) is 0 Å². The van der Waals surface area contributed by atoms with Gasteiger partial charge in [-0.05, 0) is 38.0 Å². The number of nitro benzene ring substituents is 1. The van der Waals surface area contributed by atoms with E-state index < -0.39 is 32.6 Å². The molecule has 172 valence electrons. The van der Waals surface area contributed by atoms with Crippen molar-refractivity contribution >= 4 is 49.7 Å². The van der Waals surface area contributed by atoms with Gasteiger partial charge < -0.3 is 0 Å². The molecule has 3 aromatic rings. The zero-order chi connectivity index (χ0) is 23.8. The highest BCUT2D eigenvalue weighted by molar-refractivity contribution is 7.89. The minimum Gasteiger partial charge on any atom is -0.299 e. The lowest BCUT2D eigenvalue weighted by Gasteiger charge is -2.22. The van der Waals surface area contributed by atoms with Gasteiger partial charge in [0.05, 0.1) is 9.82 Å². The number of aromatic nitrogens is 2. The van der Waals surface area contributed by atoms with Crippen LogP contribution in [0.3, 0.4) is 0 Å². The predicted molar refractivity (Wildman–Crippen MR) is 124 cm³/mol.